The number of nitrogens with one attached hydrogen (secondary N) is 2. The van der Waals surface area contributed by atoms with E-state index >= 15 is 0 Å². The van der Waals surface area contributed by atoms with Gasteiger partial charge in [0.05, 0.1) is 6.54 Å². The maximum absolute atomic E-state index is 12.2. The summed E-state index contributed by atoms with van der Waals surface area (Å²) in [7, 11) is 0. The molecule has 2 rings (SSSR count). The van der Waals surface area contributed by atoms with Crippen molar-refractivity contribution in [2.24, 2.45) is 0 Å². The van der Waals surface area contributed by atoms with Gasteiger partial charge in [-0.25, -0.2) is 0 Å². The second-order valence-corrected chi connectivity index (χ2v) is 6.13. The highest BCUT2D eigenvalue weighted by Gasteiger charge is 2.12. The van der Waals surface area contributed by atoms with Crippen molar-refractivity contribution in [3.05, 3.63) is 64.7 Å². The first-order chi connectivity index (χ1) is 11.6. The van der Waals surface area contributed by atoms with Crippen LogP contribution in [0.1, 0.15) is 30.0 Å². The third-order valence-corrected chi connectivity index (χ3v) is 4.22. The highest BCUT2D eigenvalue weighted by molar-refractivity contribution is 6.31. The lowest BCUT2D eigenvalue weighted by Crippen LogP contribution is -2.31. The number of halogens is 1. The van der Waals surface area contributed by atoms with E-state index in [0.717, 1.165) is 17.5 Å². The van der Waals surface area contributed by atoms with Crippen molar-refractivity contribution in [3.63, 3.8) is 0 Å². The van der Waals surface area contributed by atoms with Gasteiger partial charge in [0.15, 0.2) is 0 Å². The Labute approximate surface area is 147 Å². The Morgan fingerprint density at radius 2 is 1.96 bits per heavy atom. The molecule has 0 radical (unpaired) electrons. The van der Waals surface area contributed by atoms with E-state index in [1.807, 2.05) is 49.4 Å². The molecule has 0 aliphatic rings. The second kappa shape index (κ2) is 9.42. The normalized spacial score (nSPS) is 12.0. The minimum absolute atomic E-state index is 0.0331. The monoisotopic (exact) mass is 346 g/mol. The lowest BCUT2D eigenvalue weighted by Gasteiger charge is -2.19. The quantitative estimate of drug-likeness (QED) is 0.683. The van der Waals surface area contributed by atoms with Gasteiger partial charge in [-0.05, 0) is 43.0 Å². The molecule has 2 aromatic rings. The molecule has 0 spiro atoms. The van der Waals surface area contributed by atoms with Gasteiger partial charge in [0.2, 0.25) is 5.91 Å². The molecule has 1 amide bonds. The number of aliphatic hydroxyl groups excluding tert-OH is 1. The number of rotatable bonds is 8. The minimum atomic E-state index is -0.125. The fourth-order valence-electron chi connectivity index (χ4n) is 2.46. The van der Waals surface area contributed by atoms with Crippen LogP contribution in [0.4, 0.5) is 5.69 Å². The molecule has 24 heavy (non-hydrogen) atoms. The third kappa shape index (κ3) is 5.64. The third-order valence-electron chi connectivity index (χ3n) is 3.82. The summed E-state index contributed by atoms with van der Waals surface area (Å²) in [5.41, 5.74) is 2.77. The first kappa shape index (κ1) is 18.5. The van der Waals surface area contributed by atoms with Gasteiger partial charge in [-0.1, -0.05) is 48.0 Å². The topological polar surface area (TPSA) is 61.4 Å². The van der Waals surface area contributed by atoms with Crippen LogP contribution in [-0.4, -0.2) is 24.2 Å². The lowest BCUT2D eigenvalue weighted by molar-refractivity contribution is -0.115. The summed E-state index contributed by atoms with van der Waals surface area (Å²) >= 11 is 6.07. The number of hydrogen-bond acceptors (Lipinski definition) is 3. The Kier molecular flexibility index (Phi) is 7.25. The van der Waals surface area contributed by atoms with Gasteiger partial charge in [-0.15, -0.1) is 0 Å². The van der Waals surface area contributed by atoms with Gasteiger partial charge >= 0.3 is 0 Å². The SMILES string of the molecule is Cc1ccc(NC(=O)CNC(CCCO)c2ccccc2)cc1Cl. The van der Waals surface area contributed by atoms with Crippen LogP contribution >= 0.6 is 11.6 Å². The van der Waals surface area contributed by atoms with Gasteiger partial charge in [0, 0.05) is 23.4 Å². The van der Waals surface area contributed by atoms with Crippen LogP contribution < -0.4 is 10.6 Å². The molecule has 0 aromatic heterocycles. The molecule has 4 nitrogen and oxygen atoms in total. The molecule has 0 fully saturated rings. The fourth-order valence-corrected chi connectivity index (χ4v) is 2.64. The number of hydrogen-bond donors (Lipinski definition) is 3. The van der Waals surface area contributed by atoms with E-state index in [4.69, 9.17) is 16.7 Å². The zero-order chi connectivity index (χ0) is 17.4. The van der Waals surface area contributed by atoms with Crippen molar-refractivity contribution < 1.29 is 9.90 Å². The number of carbonyl (C=O) groups excluding carboxylic acids is 1. The second-order valence-electron chi connectivity index (χ2n) is 5.72. The molecule has 0 bridgehead atoms. The summed E-state index contributed by atoms with van der Waals surface area (Å²) in [6, 6.07) is 15.4. The Balaban J connectivity index is 1.92. The van der Waals surface area contributed by atoms with E-state index in [0.29, 0.717) is 17.1 Å². The van der Waals surface area contributed by atoms with Crippen LogP contribution in [0.25, 0.3) is 0 Å². The molecule has 3 N–H and O–H groups in total. The maximum atomic E-state index is 12.2. The Morgan fingerprint density at radius 1 is 1.21 bits per heavy atom. The molecule has 5 heteroatoms. The van der Waals surface area contributed by atoms with Gasteiger partial charge in [-0.2, -0.15) is 0 Å². The van der Waals surface area contributed by atoms with Crippen molar-refractivity contribution in [1.29, 1.82) is 0 Å². The number of aryl methyl sites for hydroxylation is 1. The maximum Gasteiger partial charge on any atom is 0.238 e. The van der Waals surface area contributed by atoms with E-state index in [1.54, 1.807) is 6.07 Å². The summed E-state index contributed by atoms with van der Waals surface area (Å²) in [5, 5.41) is 15.8. The van der Waals surface area contributed by atoms with Crippen LogP contribution in [0.2, 0.25) is 5.02 Å². The number of benzene rings is 2. The largest absolute Gasteiger partial charge is 0.396 e. The molecule has 2 aromatic carbocycles. The predicted molar refractivity (Wildman–Crippen MR) is 98.3 cm³/mol. The Morgan fingerprint density at radius 3 is 2.62 bits per heavy atom. The Bertz CT molecular complexity index is 662. The van der Waals surface area contributed by atoms with Crippen LogP contribution in [0.5, 0.6) is 0 Å². The summed E-state index contributed by atoms with van der Waals surface area (Å²) in [6.07, 6.45) is 1.45. The highest BCUT2D eigenvalue weighted by atomic mass is 35.5. The summed E-state index contributed by atoms with van der Waals surface area (Å²) in [4.78, 5) is 12.2. The molecule has 0 heterocycles. The Hall–Kier alpha value is -1.88. The van der Waals surface area contributed by atoms with E-state index < -0.39 is 0 Å². The van der Waals surface area contributed by atoms with Crippen LogP contribution in [0.15, 0.2) is 48.5 Å². The van der Waals surface area contributed by atoms with Crippen molar-refractivity contribution in [2.75, 3.05) is 18.5 Å². The summed E-state index contributed by atoms with van der Waals surface area (Å²) in [6.45, 7) is 2.25. The molecule has 0 aliphatic heterocycles. The number of aliphatic hydroxyl groups is 1. The molecular weight excluding hydrogens is 324 g/mol. The molecule has 128 valence electrons. The van der Waals surface area contributed by atoms with Crippen molar-refractivity contribution in [3.8, 4) is 0 Å². The molecule has 0 saturated heterocycles. The smallest absolute Gasteiger partial charge is 0.238 e. The molecular formula is C19H23ClN2O2. The van der Waals surface area contributed by atoms with Crippen molar-refractivity contribution in [1.82, 2.24) is 5.32 Å². The molecule has 1 unspecified atom stereocenters. The van der Waals surface area contributed by atoms with Crippen molar-refractivity contribution in [2.45, 2.75) is 25.8 Å². The average molecular weight is 347 g/mol. The highest BCUT2D eigenvalue weighted by Crippen LogP contribution is 2.20. The van der Waals surface area contributed by atoms with Gasteiger partial charge in [-0.3, -0.25) is 4.79 Å². The number of amides is 1. The molecule has 1 atom stereocenters. The summed E-state index contributed by atoms with van der Waals surface area (Å²) in [5.74, 6) is -0.125. The zero-order valence-corrected chi connectivity index (χ0v) is 14.5. The first-order valence-corrected chi connectivity index (χ1v) is 8.43. The number of carbonyl (C=O) groups is 1. The van der Waals surface area contributed by atoms with E-state index in [1.165, 1.54) is 0 Å². The van der Waals surface area contributed by atoms with E-state index in [-0.39, 0.29) is 25.1 Å². The van der Waals surface area contributed by atoms with Crippen LogP contribution in [0.3, 0.4) is 0 Å². The first-order valence-electron chi connectivity index (χ1n) is 8.05. The number of anilines is 1. The van der Waals surface area contributed by atoms with Gasteiger partial charge < -0.3 is 15.7 Å². The minimum Gasteiger partial charge on any atom is -0.396 e. The summed E-state index contributed by atoms with van der Waals surface area (Å²) < 4.78 is 0. The van der Waals surface area contributed by atoms with E-state index in [2.05, 4.69) is 10.6 Å². The zero-order valence-electron chi connectivity index (χ0n) is 13.8. The lowest BCUT2D eigenvalue weighted by atomic mass is 10.0. The van der Waals surface area contributed by atoms with Crippen LogP contribution in [-0.2, 0) is 4.79 Å². The predicted octanol–water partition coefficient (Wildman–Crippen LogP) is 3.69. The van der Waals surface area contributed by atoms with Crippen molar-refractivity contribution >= 4 is 23.2 Å². The fraction of sp³-hybridized carbons (Fsp3) is 0.316. The molecule has 0 saturated carbocycles. The van der Waals surface area contributed by atoms with E-state index in [9.17, 15) is 4.79 Å². The van der Waals surface area contributed by atoms with Crippen LogP contribution in [0, 0.1) is 6.92 Å². The standard InChI is InChI=1S/C19H23ClN2O2/c1-14-9-10-16(12-17(14)20)22-19(24)13-21-18(8-5-11-23)15-6-3-2-4-7-15/h2-4,6-7,9-10,12,18,21,23H,5,8,11,13H2,1H3,(H,22,24). The average Bonchev–Trinajstić information content (AvgIpc) is 2.59. The van der Waals surface area contributed by atoms with Gasteiger partial charge in [0.25, 0.3) is 0 Å². The molecule has 0 aliphatic carbocycles. The van der Waals surface area contributed by atoms with Gasteiger partial charge in [0.1, 0.15) is 0 Å².